The minimum absolute atomic E-state index is 0.0489. The zero-order chi connectivity index (χ0) is 19.9. The van der Waals surface area contributed by atoms with Crippen LogP contribution in [0.3, 0.4) is 0 Å². The highest BCUT2D eigenvalue weighted by atomic mass is 32.1. The monoisotopic (exact) mass is 413 g/mol. The molecule has 4 rings (SSSR count). The quantitative estimate of drug-likeness (QED) is 0.773. The molecule has 150 valence electrons. The highest BCUT2D eigenvalue weighted by molar-refractivity contribution is 7.09. The topological polar surface area (TPSA) is 74.5 Å². The first kappa shape index (κ1) is 18.8. The van der Waals surface area contributed by atoms with Crippen LogP contribution in [0.4, 0.5) is 13.6 Å². The number of amides is 2. The van der Waals surface area contributed by atoms with Gasteiger partial charge in [0.2, 0.25) is 0 Å². The summed E-state index contributed by atoms with van der Waals surface area (Å²) in [7, 11) is 1.60. The molecule has 0 aliphatic carbocycles. The molecule has 2 amide bonds. The second-order valence-corrected chi connectivity index (χ2v) is 7.45. The number of benzene rings is 1. The number of carbonyl (C=O) groups is 1. The number of fused-ring (bicyclic) bond motifs is 1. The average molecular weight is 413 g/mol. The molecule has 0 bridgehead atoms. The number of hydrogen-bond acceptors (Lipinski definition) is 6. The van der Waals surface area contributed by atoms with E-state index in [9.17, 15) is 13.6 Å². The van der Waals surface area contributed by atoms with E-state index in [2.05, 4.69) is 14.5 Å². The third kappa shape index (κ3) is 3.86. The Kier molecular flexibility index (Phi) is 4.81. The van der Waals surface area contributed by atoms with Gasteiger partial charge in [-0.25, -0.2) is 4.79 Å². The average Bonchev–Trinajstić information content (AvgIpc) is 3.32. The van der Waals surface area contributed by atoms with E-state index < -0.39 is 18.6 Å². The smallest absolute Gasteiger partial charge is 0.395 e. The van der Waals surface area contributed by atoms with Crippen molar-refractivity contribution in [3.63, 3.8) is 0 Å². The molecule has 1 aromatic heterocycles. The highest BCUT2D eigenvalue weighted by Crippen LogP contribution is 2.41. The predicted molar refractivity (Wildman–Crippen MR) is 93.9 cm³/mol. The van der Waals surface area contributed by atoms with Crippen LogP contribution in [0.25, 0.3) is 5.69 Å². The molecule has 1 saturated heterocycles. The number of alkyl halides is 2. The van der Waals surface area contributed by atoms with Crippen LogP contribution >= 0.6 is 11.3 Å². The Morgan fingerprint density at radius 1 is 1.32 bits per heavy atom. The van der Waals surface area contributed by atoms with E-state index in [-0.39, 0.29) is 18.0 Å². The van der Waals surface area contributed by atoms with E-state index in [0.29, 0.717) is 23.7 Å². The van der Waals surface area contributed by atoms with E-state index in [4.69, 9.17) is 9.47 Å². The SMILES string of the molecule is Cc1cn(-c2ccc3c(c2)OC(F)(F)O3)/c(=N/C(=O)N(C)CC2OCCO2)s1. The van der Waals surface area contributed by atoms with Gasteiger partial charge in [0.1, 0.15) is 0 Å². The van der Waals surface area contributed by atoms with Crippen LogP contribution in [-0.2, 0) is 9.47 Å². The number of aryl methyl sites for hydroxylation is 1. The van der Waals surface area contributed by atoms with Gasteiger partial charge in [-0.2, -0.15) is 4.99 Å². The molecule has 1 fully saturated rings. The first-order chi connectivity index (χ1) is 13.3. The van der Waals surface area contributed by atoms with Crippen LogP contribution in [0.15, 0.2) is 29.4 Å². The summed E-state index contributed by atoms with van der Waals surface area (Å²) in [4.78, 5) is 19.3. The molecule has 8 nitrogen and oxygen atoms in total. The number of thiazole rings is 1. The third-order valence-corrected chi connectivity index (χ3v) is 4.96. The lowest BCUT2D eigenvalue weighted by molar-refractivity contribution is -0.286. The normalized spacial score (nSPS) is 18.6. The van der Waals surface area contributed by atoms with Crippen molar-refractivity contribution in [3.8, 4) is 17.2 Å². The number of aromatic nitrogens is 1. The van der Waals surface area contributed by atoms with Crippen LogP contribution in [0.2, 0.25) is 0 Å². The number of likely N-dealkylation sites (N-methyl/N-ethyl adjacent to an activating group) is 1. The molecule has 11 heteroatoms. The van der Waals surface area contributed by atoms with Gasteiger partial charge < -0.3 is 23.8 Å². The predicted octanol–water partition coefficient (Wildman–Crippen LogP) is 2.49. The van der Waals surface area contributed by atoms with Gasteiger partial charge in [0.05, 0.1) is 25.4 Å². The number of hydrogen-bond donors (Lipinski definition) is 0. The molecule has 0 spiro atoms. The lowest BCUT2D eigenvalue weighted by atomic mass is 10.3. The fraction of sp³-hybridized carbons (Fsp3) is 0.412. The minimum atomic E-state index is -3.69. The van der Waals surface area contributed by atoms with Crippen molar-refractivity contribution in [1.82, 2.24) is 9.47 Å². The van der Waals surface area contributed by atoms with Crippen LogP contribution in [0, 0.1) is 6.92 Å². The number of ether oxygens (including phenoxy) is 4. The van der Waals surface area contributed by atoms with Crippen molar-refractivity contribution in [1.29, 1.82) is 0 Å². The molecule has 0 N–H and O–H groups in total. The summed E-state index contributed by atoms with van der Waals surface area (Å²) in [6.07, 6.45) is -2.39. The van der Waals surface area contributed by atoms with Crippen molar-refractivity contribution >= 4 is 17.4 Å². The van der Waals surface area contributed by atoms with E-state index in [1.165, 1.54) is 28.4 Å². The number of nitrogens with zero attached hydrogens (tertiary/aromatic N) is 3. The number of rotatable bonds is 3. The maximum Gasteiger partial charge on any atom is 0.586 e. The summed E-state index contributed by atoms with van der Waals surface area (Å²) in [5.74, 6) is -0.129. The zero-order valence-electron chi connectivity index (χ0n) is 15.1. The van der Waals surface area contributed by atoms with Crippen molar-refractivity contribution < 1.29 is 32.5 Å². The lowest BCUT2D eigenvalue weighted by Crippen LogP contribution is -2.34. The van der Waals surface area contributed by atoms with Gasteiger partial charge in [-0.05, 0) is 19.1 Å². The Bertz CT molecular complexity index is 968. The van der Waals surface area contributed by atoms with E-state index in [1.54, 1.807) is 23.9 Å². The van der Waals surface area contributed by atoms with Gasteiger partial charge in [-0.3, -0.25) is 4.57 Å². The molecule has 0 saturated carbocycles. The molecule has 28 heavy (non-hydrogen) atoms. The first-order valence-electron chi connectivity index (χ1n) is 8.43. The fourth-order valence-electron chi connectivity index (χ4n) is 2.79. The van der Waals surface area contributed by atoms with Gasteiger partial charge in [0.25, 0.3) is 0 Å². The van der Waals surface area contributed by atoms with Gasteiger partial charge in [0, 0.05) is 24.2 Å². The summed E-state index contributed by atoms with van der Waals surface area (Å²) in [5, 5.41) is 0. The summed E-state index contributed by atoms with van der Waals surface area (Å²) in [6.45, 7) is 3.11. The van der Waals surface area contributed by atoms with Gasteiger partial charge in [0.15, 0.2) is 22.6 Å². The molecular formula is C17H17F2N3O5S. The van der Waals surface area contributed by atoms with E-state index in [1.807, 2.05) is 6.92 Å². The lowest BCUT2D eigenvalue weighted by Gasteiger charge is -2.17. The summed E-state index contributed by atoms with van der Waals surface area (Å²) in [5.41, 5.74) is 0.515. The molecule has 2 aromatic rings. The summed E-state index contributed by atoms with van der Waals surface area (Å²) in [6, 6.07) is 3.92. The van der Waals surface area contributed by atoms with Crippen molar-refractivity contribution in [3.05, 3.63) is 34.1 Å². The molecule has 0 atom stereocenters. The fourth-order valence-corrected chi connectivity index (χ4v) is 3.61. The molecule has 2 aliphatic heterocycles. The molecule has 2 aliphatic rings. The Hall–Kier alpha value is -2.50. The highest BCUT2D eigenvalue weighted by Gasteiger charge is 2.43. The molecular weight excluding hydrogens is 396 g/mol. The van der Waals surface area contributed by atoms with Gasteiger partial charge in [-0.1, -0.05) is 0 Å². The molecule has 1 aromatic carbocycles. The van der Waals surface area contributed by atoms with Crippen molar-refractivity contribution in [2.75, 3.05) is 26.8 Å². The third-order valence-electron chi connectivity index (χ3n) is 4.06. The number of carbonyl (C=O) groups excluding carboxylic acids is 1. The molecule has 0 radical (unpaired) electrons. The van der Waals surface area contributed by atoms with Crippen LogP contribution in [0.1, 0.15) is 4.88 Å². The zero-order valence-corrected chi connectivity index (χ0v) is 15.9. The van der Waals surface area contributed by atoms with Crippen LogP contribution < -0.4 is 14.3 Å². The Morgan fingerprint density at radius 3 is 2.79 bits per heavy atom. The van der Waals surface area contributed by atoms with E-state index in [0.717, 1.165) is 4.88 Å². The van der Waals surface area contributed by atoms with Gasteiger partial charge in [-0.15, -0.1) is 20.1 Å². The van der Waals surface area contributed by atoms with Crippen LogP contribution in [0.5, 0.6) is 11.5 Å². The largest absolute Gasteiger partial charge is 0.586 e. The van der Waals surface area contributed by atoms with Gasteiger partial charge >= 0.3 is 12.3 Å². The van der Waals surface area contributed by atoms with Crippen molar-refractivity contribution in [2.45, 2.75) is 19.5 Å². The number of halogens is 2. The molecule has 0 unspecified atom stereocenters. The van der Waals surface area contributed by atoms with E-state index >= 15 is 0 Å². The maximum absolute atomic E-state index is 13.2. The Morgan fingerprint density at radius 2 is 2.04 bits per heavy atom. The minimum Gasteiger partial charge on any atom is -0.395 e. The Labute approximate surface area is 162 Å². The van der Waals surface area contributed by atoms with Crippen molar-refractivity contribution in [2.24, 2.45) is 4.99 Å². The first-order valence-corrected chi connectivity index (χ1v) is 9.25. The Balaban J connectivity index is 1.60. The molecule has 3 heterocycles. The number of urea groups is 1. The maximum atomic E-state index is 13.2. The summed E-state index contributed by atoms with van der Waals surface area (Å²) >= 11 is 1.30. The standard InChI is InChI=1S/C17H17F2N3O5S/c1-10-8-22(11-3-4-12-13(7-11)27-17(18,19)26-12)16(28-10)20-15(23)21(2)9-14-24-5-6-25-14/h3-4,7-8,14H,5-6,9H2,1-2H3/b20-16-. The second-order valence-electron chi connectivity index (χ2n) is 6.24. The summed E-state index contributed by atoms with van der Waals surface area (Å²) < 4.78 is 47.7. The van der Waals surface area contributed by atoms with Crippen LogP contribution in [-0.4, -0.2) is 54.9 Å². The second kappa shape index (κ2) is 7.15.